The smallest absolute Gasteiger partial charge is 0.255 e. The quantitative estimate of drug-likeness (QED) is 0.577. The van der Waals surface area contributed by atoms with E-state index in [9.17, 15) is 4.79 Å². The zero-order valence-corrected chi connectivity index (χ0v) is 14.9. The molecule has 0 spiro atoms. The van der Waals surface area contributed by atoms with Crippen LogP contribution in [0, 0.1) is 11.3 Å². The van der Waals surface area contributed by atoms with E-state index in [0.717, 1.165) is 11.3 Å². The van der Waals surface area contributed by atoms with Gasteiger partial charge in [-0.05, 0) is 60.7 Å². The van der Waals surface area contributed by atoms with Crippen molar-refractivity contribution in [1.29, 1.82) is 5.26 Å². The number of hydrogen-bond donors (Lipinski definition) is 1. The lowest BCUT2D eigenvalue weighted by Gasteiger charge is -2.07. The van der Waals surface area contributed by atoms with Crippen LogP contribution in [-0.2, 0) is 6.61 Å². The molecule has 28 heavy (non-hydrogen) atoms. The number of rotatable bonds is 5. The summed E-state index contributed by atoms with van der Waals surface area (Å²) in [5.41, 5.74) is 3.40. The second kappa shape index (κ2) is 7.64. The summed E-state index contributed by atoms with van der Waals surface area (Å²) < 4.78 is 7.70. The zero-order chi connectivity index (χ0) is 19.3. The maximum atomic E-state index is 12.3. The number of nitriles is 1. The molecule has 2 heterocycles. The summed E-state index contributed by atoms with van der Waals surface area (Å²) in [5.74, 6) is 0.434. The third kappa shape index (κ3) is 3.84. The highest BCUT2D eigenvalue weighted by Gasteiger charge is 2.07. The summed E-state index contributed by atoms with van der Waals surface area (Å²) in [5, 5.41) is 11.6. The van der Waals surface area contributed by atoms with E-state index < -0.39 is 0 Å². The van der Waals surface area contributed by atoms with E-state index in [1.807, 2.05) is 41.1 Å². The molecule has 0 aliphatic heterocycles. The van der Waals surface area contributed by atoms with Gasteiger partial charge in [-0.2, -0.15) is 5.26 Å². The van der Waals surface area contributed by atoms with Crippen LogP contribution in [0.1, 0.15) is 21.6 Å². The lowest BCUT2D eigenvalue weighted by Crippen LogP contribution is -2.11. The van der Waals surface area contributed by atoms with E-state index in [1.165, 1.54) is 0 Å². The average molecular weight is 368 g/mol. The second-order valence-corrected chi connectivity index (χ2v) is 6.15. The van der Waals surface area contributed by atoms with Crippen molar-refractivity contribution in [3.63, 3.8) is 0 Å². The van der Waals surface area contributed by atoms with Gasteiger partial charge in [-0.25, -0.2) is 4.98 Å². The molecule has 0 aliphatic carbocycles. The third-order valence-electron chi connectivity index (χ3n) is 4.19. The van der Waals surface area contributed by atoms with Crippen LogP contribution in [0.2, 0.25) is 0 Å². The first kappa shape index (κ1) is 17.3. The minimum absolute atomic E-state index is 0.225. The summed E-state index contributed by atoms with van der Waals surface area (Å²) in [7, 11) is 0. The number of benzene rings is 2. The zero-order valence-electron chi connectivity index (χ0n) is 14.9. The fraction of sp³-hybridized carbons (Fsp3) is 0.0455. The normalized spacial score (nSPS) is 10.4. The second-order valence-electron chi connectivity index (χ2n) is 6.15. The molecule has 0 bridgehead atoms. The van der Waals surface area contributed by atoms with Crippen molar-refractivity contribution < 1.29 is 9.53 Å². The number of hydrogen-bond acceptors (Lipinski definition) is 4. The Labute approximate surface area is 161 Å². The molecule has 0 fully saturated rings. The number of imidazole rings is 1. The lowest BCUT2D eigenvalue weighted by molar-refractivity contribution is 0.102. The average Bonchev–Trinajstić information content (AvgIpc) is 3.16. The molecule has 0 radical (unpaired) electrons. The van der Waals surface area contributed by atoms with Crippen LogP contribution in [0.3, 0.4) is 0 Å². The van der Waals surface area contributed by atoms with E-state index in [2.05, 4.69) is 10.3 Å². The van der Waals surface area contributed by atoms with Crippen molar-refractivity contribution in [1.82, 2.24) is 9.38 Å². The third-order valence-corrected chi connectivity index (χ3v) is 4.19. The van der Waals surface area contributed by atoms with Gasteiger partial charge in [-0.15, -0.1) is 0 Å². The molecule has 6 nitrogen and oxygen atoms in total. The molecule has 4 rings (SSSR count). The van der Waals surface area contributed by atoms with E-state index in [-0.39, 0.29) is 5.91 Å². The molecule has 1 amide bonds. The molecule has 6 heteroatoms. The Balaban J connectivity index is 1.37. The first-order valence-electron chi connectivity index (χ1n) is 8.68. The molecule has 0 unspecified atom stereocenters. The number of pyridine rings is 1. The van der Waals surface area contributed by atoms with Gasteiger partial charge in [0.1, 0.15) is 18.0 Å². The Morgan fingerprint density at radius 1 is 1.07 bits per heavy atom. The van der Waals surface area contributed by atoms with Gasteiger partial charge in [-0.3, -0.25) is 4.79 Å². The summed E-state index contributed by atoms with van der Waals surface area (Å²) in [6.07, 6.45) is 3.86. The summed E-state index contributed by atoms with van der Waals surface area (Å²) in [4.78, 5) is 16.8. The van der Waals surface area contributed by atoms with Crippen LogP contribution in [0.25, 0.3) is 5.65 Å². The van der Waals surface area contributed by atoms with Crippen molar-refractivity contribution in [2.45, 2.75) is 6.61 Å². The fourth-order valence-electron chi connectivity index (χ4n) is 2.75. The number of nitrogens with one attached hydrogen (secondary N) is 1. The molecule has 0 atom stereocenters. The van der Waals surface area contributed by atoms with Crippen LogP contribution in [-0.4, -0.2) is 15.3 Å². The predicted molar refractivity (Wildman–Crippen MR) is 105 cm³/mol. The van der Waals surface area contributed by atoms with E-state index in [0.29, 0.717) is 29.2 Å². The largest absolute Gasteiger partial charge is 0.487 e. The van der Waals surface area contributed by atoms with Gasteiger partial charge in [-0.1, -0.05) is 6.07 Å². The van der Waals surface area contributed by atoms with Gasteiger partial charge in [0.25, 0.3) is 5.91 Å². The number of anilines is 1. The molecule has 0 saturated carbocycles. The van der Waals surface area contributed by atoms with Gasteiger partial charge < -0.3 is 14.5 Å². The first-order valence-corrected chi connectivity index (χ1v) is 8.68. The standard InChI is InChI=1S/C22H16N4O2/c23-13-16-4-8-18(9-5-16)25-22(27)17-6-10-20(11-7-17)28-15-19-14-26-12-2-1-3-21(26)24-19/h1-12,14H,15H2,(H,25,27). The van der Waals surface area contributed by atoms with Crippen molar-refractivity contribution in [3.8, 4) is 11.8 Å². The van der Waals surface area contributed by atoms with Crippen molar-refractivity contribution in [3.05, 3.63) is 95.9 Å². The van der Waals surface area contributed by atoms with Gasteiger partial charge in [0.2, 0.25) is 0 Å². The number of amides is 1. The molecule has 2 aromatic heterocycles. The van der Waals surface area contributed by atoms with Gasteiger partial charge in [0, 0.05) is 23.6 Å². The van der Waals surface area contributed by atoms with Crippen LogP contribution >= 0.6 is 0 Å². The van der Waals surface area contributed by atoms with Gasteiger partial charge >= 0.3 is 0 Å². The number of ether oxygens (including phenoxy) is 1. The molecule has 0 aliphatic rings. The number of nitrogens with zero attached hydrogens (tertiary/aromatic N) is 3. The molecular formula is C22H16N4O2. The monoisotopic (exact) mass is 368 g/mol. The first-order chi connectivity index (χ1) is 13.7. The molecule has 2 aromatic carbocycles. The Kier molecular flexibility index (Phi) is 4.72. The molecule has 136 valence electrons. The Hall–Kier alpha value is -4.11. The molecule has 4 aromatic rings. The van der Waals surface area contributed by atoms with E-state index in [4.69, 9.17) is 10.00 Å². The van der Waals surface area contributed by atoms with Crippen LogP contribution < -0.4 is 10.1 Å². The number of carbonyl (C=O) groups is 1. The Bertz CT molecular complexity index is 1120. The van der Waals surface area contributed by atoms with Crippen molar-refractivity contribution in [2.24, 2.45) is 0 Å². The van der Waals surface area contributed by atoms with Gasteiger partial charge in [0.05, 0.1) is 17.3 Å². The Morgan fingerprint density at radius 3 is 2.57 bits per heavy atom. The summed E-state index contributed by atoms with van der Waals surface area (Å²) >= 11 is 0. The highest BCUT2D eigenvalue weighted by Crippen LogP contribution is 2.16. The molecular weight excluding hydrogens is 352 g/mol. The van der Waals surface area contributed by atoms with Crippen molar-refractivity contribution in [2.75, 3.05) is 5.32 Å². The molecule has 1 N–H and O–H groups in total. The number of fused-ring (bicyclic) bond motifs is 1. The SMILES string of the molecule is N#Cc1ccc(NC(=O)c2ccc(OCc3cn4ccccc4n3)cc2)cc1. The van der Waals surface area contributed by atoms with Gasteiger partial charge in [0.15, 0.2) is 0 Å². The lowest BCUT2D eigenvalue weighted by atomic mass is 10.2. The Morgan fingerprint density at radius 2 is 1.86 bits per heavy atom. The molecule has 0 saturated heterocycles. The summed E-state index contributed by atoms with van der Waals surface area (Å²) in [6, 6.07) is 21.5. The topological polar surface area (TPSA) is 79.4 Å². The number of carbonyl (C=O) groups excluding carboxylic acids is 1. The minimum Gasteiger partial charge on any atom is -0.487 e. The van der Waals surface area contributed by atoms with Crippen LogP contribution in [0.5, 0.6) is 5.75 Å². The predicted octanol–water partition coefficient (Wildman–Crippen LogP) is 4.04. The van der Waals surface area contributed by atoms with Crippen molar-refractivity contribution >= 4 is 17.2 Å². The highest BCUT2D eigenvalue weighted by atomic mass is 16.5. The highest BCUT2D eigenvalue weighted by molar-refractivity contribution is 6.04. The van der Waals surface area contributed by atoms with Crippen LogP contribution in [0.4, 0.5) is 5.69 Å². The maximum absolute atomic E-state index is 12.3. The summed E-state index contributed by atoms with van der Waals surface area (Å²) in [6.45, 7) is 0.346. The van der Waals surface area contributed by atoms with E-state index >= 15 is 0 Å². The number of aromatic nitrogens is 2. The maximum Gasteiger partial charge on any atom is 0.255 e. The minimum atomic E-state index is -0.225. The van der Waals surface area contributed by atoms with E-state index in [1.54, 1.807) is 48.5 Å². The van der Waals surface area contributed by atoms with Crippen LogP contribution in [0.15, 0.2) is 79.1 Å². The fourth-order valence-corrected chi connectivity index (χ4v) is 2.75.